The van der Waals surface area contributed by atoms with Gasteiger partial charge in [0, 0.05) is 28.5 Å². The number of hydrogen-bond donors (Lipinski definition) is 1. The van der Waals surface area contributed by atoms with Crippen LogP contribution in [0.1, 0.15) is 23.3 Å². The molecule has 1 saturated heterocycles. The Labute approximate surface area is 148 Å². The van der Waals surface area contributed by atoms with E-state index in [1.54, 1.807) is 17.8 Å². The van der Waals surface area contributed by atoms with Gasteiger partial charge in [0.2, 0.25) is 0 Å². The third kappa shape index (κ3) is 4.34. The Balaban J connectivity index is 1.75. The Morgan fingerprint density at radius 2 is 2.13 bits per heavy atom. The molecule has 4 nitrogen and oxygen atoms in total. The standard InChI is InChI=1S/C17H18BrN3OS/c18-12-4-1-6-14(10-12)23-16-8-2-7-15(20-16)17(22)21-9-3-5-13(19)11-21/h1-2,4,6-8,10,13H,3,5,9,11,19H2. The molecule has 23 heavy (non-hydrogen) atoms. The normalized spacial score (nSPS) is 18.0. The predicted molar refractivity (Wildman–Crippen MR) is 95.6 cm³/mol. The summed E-state index contributed by atoms with van der Waals surface area (Å²) in [4.78, 5) is 20.0. The van der Waals surface area contributed by atoms with E-state index in [4.69, 9.17) is 5.73 Å². The van der Waals surface area contributed by atoms with Crippen LogP contribution in [0.4, 0.5) is 0 Å². The molecular weight excluding hydrogens is 374 g/mol. The van der Waals surface area contributed by atoms with Crippen LogP contribution >= 0.6 is 27.7 Å². The van der Waals surface area contributed by atoms with Crippen molar-refractivity contribution in [1.29, 1.82) is 0 Å². The smallest absolute Gasteiger partial charge is 0.272 e. The Morgan fingerprint density at radius 3 is 2.91 bits per heavy atom. The summed E-state index contributed by atoms with van der Waals surface area (Å²) < 4.78 is 1.03. The first-order valence-electron chi connectivity index (χ1n) is 7.57. The van der Waals surface area contributed by atoms with E-state index in [0.717, 1.165) is 33.8 Å². The molecule has 0 aliphatic carbocycles. The fraction of sp³-hybridized carbons (Fsp3) is 0.294. The molecule has 0 saturated carbocycles. The number of benzene rings is 1. The lowest BCUT2D eigenvalue weighted by Gasteiger charge is -2.30. The maximum absolute atomic E-state index is 12.6. The van der Waals surface area contributed by atoms with E-state index >= 15 is 0 Å². The lowest BCUT2D eigenvalue weighted by atomic mass is 10.1. The molecule has 2 aromatic rings. The van der Waals surface area contributed by atoms with Crippen LogP contribution in [0.3, 0.4) is 0 Å². The van der Waals surface area contributed by atoms with Gasteiger partial charge >= 0.3 is 0 Å². The number of rotatable bonds is 3. The molecule has 1 unspecified atom stereocenters. The van der Waals surface area contributed by atoms with E-state index in [1.807, 2.05) is 41.3 Å². The summed E-state index contributed by atoms with van der Waals surface area (Å²) in [6.45, 7) is 1.38. The highest BCUT2D eigenvalue weighted by atomic mass is 79.9. The fourth-order valence-corrected chi connectivity index (χ4v) is 4.01. The van der Waals surface area contributed by atoms with Crippen LogP contribution < -0.4 is 5.73 Å². The first-order chi connectivity index (χ1) is 11.1. The molecule has 1 amide bonds. The molecule has 1 aromatic heterocycles. The predicted octanol–water partition coefficient (Wildman–Crippen LogP) is 3.56. The van der Waals surface area contributed by atoms with Gasteiger partial charge in [0.1, 0.15) is 10.7 Å². The molecule has 1 aromatic carbocycles. The number of aromatic nitrogens is 1. The summed E-state index contributed by atoms with van der Waals surface area (Å²) in [5.74, 6) is -0.0307. The molecule has 2 N–H and O–H groups in total. The monoisotopic (exact) mass is 391 g/mol. The minimum Gasteiger partial charge on any atom is -0.336 e. The SMILES string of the molecule is NC1CCCN(C(=O)c2cccc(Sc3cccc(Br)c3)n2)C1. The Kier molecular flexibility index (Phi) is 5.35. The first-order valence-corrected chi connectivity index (χ1v) is 9.18. The van der Waals surface area contributed by atoms with Crippen LogP contribution in [0.25, 0.3) is 0 Å². The van der Waals surface area contributed by atoms with Crippen LogP contribution in [-0.4, -0.2) is 34.9 Å². The van der Waals surface area contributed by atoms with Crippen molar-refractivity contribution >= 4 is 33.6 Å². The van der Waals surface area contributed by atoms with Crippen LogP contribution in [0.15, 0.2) is 56.9 Å². The van der Waals surface area contributed by atoms with Crippen molar-refractivity contribution in [1.82, 2.24) is 9.88 Å². The van der Waals surface area contributed by atoms with Crippen LogP contribution in [0.2, 0.25) is 0 Å². The van der Waals surface area contributed by atoms with Crippen molar-refractivity contribution in [3.8, 4) is 0 Å². The Morgan fingerprint density at radius 1 is 1.30 bits per heavy atom. The largest absolute Gasteiger partial charge is 0.336 e. The summed E-state index contributed by atoms with van der Waals surface area (Å²) in [7, 11) is 0. The highest BCUT2D eigenvalue weighted by Gasteiger charge is 2.23. The molecule has 1 atom stereocenters. The number of carbonyl (C=O) groups is 1. The van der Waals surface area contributed by atoms with Crippen molar-refractivity contribution in [2.24, 2.45) is 5.73 Å². The molecule has 3 rings (SSSR count). The molecule has 1 fully saturated rings. The number of halogens is 1. The number of nitrogens with zero attached hydrogens (tertiary/aromatic N) is 2. The number of carbonyl (C=O) groups excluding carboxylic acids is 1. The van der Waals surface area contributed by atoms with Crippen LogP contribution in [0, 0.1) is 0 Å². The number of amides is 1. The second-order valence-electron chi connectivity index (χ2n) is 5.57. The van der Waals surface area contributed by atoms with Gasteiger partial charge in [-0.15, -0.1) is 0 Å². The topological polar surface area (TPSA) is 59.2 Å². The van der Waals surface area contributed by atoms with Gasteiger partial charge in [-0.25, -0.2) is 4.98 Å². The number of pyridine rings is 1. The van der Waals surface area contributed by atoms with Gasteiger partial charge in [-0.2, -0.15) is 0 Å². The third-order valence-corrected chi connectivity index (χ3v) is 5.13. The number of likely N-dealkylation sites (tertiary alicyclic amines) is 1. The van der Waals surface area contributed by atoms with Gasteiger partial charge in [0.15, 0.2) is 0 Å². The molecule has 1 aliphatic heterocycles. The van der Waals surface area contributed by atoms with E-state index < -0.39 is 0 Å². The summed E-state index contributed by atoms with van der Waals surface area (Å²) in [5, 5.41) is 0.815. The molecule has 0 spiro atoms. The van der Waals surface area contributed by atoms with Gasteiger partial charge in [0.05, 0.1) is 0 Å². The summed E-state index contributed by atoms with van der Waals surface area (Å²) in [6, 6.07) is 13.7. The van der Waals surface area contributed by atoms with Crippen molar-refractivity contribution in [3.05, 3.63) is 52.6 Å². The second-order valence-corrected chi connectivity index (χ2v) is 7.58. The lowest BCUT2D eigenvalue weighted by molar-refractivity contribution is 0.0702. The minimum atomic E-state index is -0.0307. The van der Waals surface area contributed by atoms with Crippen LogP contribution in [-0.2, 0) is 0 Å². The molecular formula is C17H18BrN3OS. The highest BCUT2D eigenvalue weighted by Crippen LogP contribution is 2.28. The van der Waals surface area contributed by atoms with E-state index in [-0.39, 0.29) is 11.9 Å². The number of hydrogen-bond acceptors (Lipinski definition) is 4. The van der Waals surface area contributed by atoms with E-state index in [9.17, 15) is 4.79 Å². The quantitative estimate of drug-likeness (QED) is 0.868. The Hall–Kier alpha value is -1.37. The van der Waals surface area contributed by atoms with E-state index in [2.05, 4.69) is 20.9 Å². The fourth-order valence-electron chi connectivity index (χ4n) is 2.60. The van der Waals surface area contributed by atoms with Gasteiger partial charge in [-0.05, 0) is 43.2 Å². The summed E-state index contributed by atoms with van der Waals surface area (Å²) in [6.07, 6.45) is 1.94. The van der Waals surface area contributed by atoms with Gasteiger partial charge < -0.3 is 10.6 Å². The molecule has 6 heteroatoms. The summed E-state index contributed by atoms with van der Waals surface area (Å²) >= 11 is 5.01. The van der Waals surface area contributed by atoms with E-state index in [0.29, 0.717) is 12.2 Å². The van der Waals surface area contributed by atoms with Gasteiger partial charge in [-0.1, -0.05) is 39.8 Å². The van der Waals surface area contributed by atoms with Gasteiger partial charge in [-0.3, -0.25) is 4.79 Å². The minimum absolute atomic E-state index is 0.0307. The average Bonchev–Trinajstić information content (AvgIpc) is 2.54. The third-order valence-electron chi connectivity index (χ3n) is 3.71. The molecule has 120 valence electrons. The Bertz CT molecular complexity index is 710. The molecule has 0 bridgehead atoms. The molecule has 1 aliphatic rings. The number of piperidine rings is 1. The first kappa shape index (κ1) is 16.5. The van der Waals surface area contributed by atoms with Crippen molar-refractivity contribution < 1.29 is 4.79 Å². The molecule has 0 radical (unpaired) electrons. The summed E-state index contributed by atoms with van der Waals surface area (Å²) in [5.41, 5.74) is 6.45. The van der Waals surface area contributed by atoms with Crippen LogP contribution in [0.5, 0.6) is 0 Å². The molecule has 2 heterocycles. The highest BCUT2D eigenvalue weighted by molar-refractivity contribution is 9.10. The lowest BCUT2D eigenvalue weighted by Crippen LogP contribution is -2.45. The zero-order valence-electron chi connectivity index (χ0n) is 12.6. The van der Waals surface area contributed by atoms with Crippen molar-refractivity contribution in [2.75, 3.05) is 13.1 Å². The maximum Gasteiger partial charge on any atom is 0.272 e. The zero-order chi connectivity index (χ0) is 16.2. The zero-order valence-corrected chi connectivity index (χ0v) is 15.0. The van der Waals surface area contributed by atoms with Crippen molar-refractivity contribution in [2.45, 2.75) is 28.8 Å². The average molecular weight is 392 g/mol. The maximum atomic E-state index is 12.6. The van der Waals surface area contributed by atoms with E-state index in [1.165, 1.54) is 0 Å². The second kappa shape index (κ2) is 7.47. The van der Waals surface area contributed by atoms with Gasteiger partial charge in [0.25, 0.3) is 5.91 Å². The number of nitrogens with two attached hydrogens (primary N) is 1. The van der Waals surface area contributed by atoms with Crippen molar-refractivity contribution in [3.63, 3.8) is 0 Å².